The molecule has 2 fully saturated rings. The summed E-state index contributed by atoms with van der Waals surface area (Å²) < 4.78 is 11.1. The number of fused-ring (bicyclic) bond motifs is 5. The first-order valence-corrected chi connectivity index (χ1v) is 11.6. The lowest BCUT2D eigenvalue weighted by Crippen LogP contribution is -2.53. The molecule has 166 valence electrons. The molecule has 7 atom stereocenters. The van der Waals surface area contributed by atoms with Gasteiger partial charge in [-0.15, -0.1) is 0 Å². The van der Waals surface area contributed by atoms with Gasteiger partial charge in [0.2, 0.25) is 0 Å². The van der Waals surface area contributed by atoms with Gasteiger partial charge >= 0.3 is 11.9 Å². The number of ether oxygens (including phenoxy) is 2. The Labute approximate surface area is 179 Å². The van der Waals surface area contributed by atoms with Gasteiger partial charge in [0.1, 0.15) is 12.7 Å². The molecule has 0 heterocycles. The second-order valence-electron chi connectivity index (χ2n) is 10.3. The monoisotopic (exact) mass is 416 g/mol. The summed E-state index contributed by atoms with van der Waals surface area (Å²) in [4.78, 5) is 23.1. The third kappa shape index (κ3) is 3.43. The molecule has 0 aromatic rings. The van der Waals surface area contributed by atoms with Crippen molar-refractivity contribution in [2.45, 2.75) is 84.8 Å². The molecule has 2 saturated carbocycles. The molecule has 0 aromatic carbocycles. The number of aliphatic hydroxyl groups is 1. The summed E-state index contributed by atoms with van der Waals surface area (Å²) in [6, 6.07) is 0. The normalized spacial score (nSPS) is 40.8. The molecule has 0 aromatic heterocycles. The molecule has 0 amide bonds. The zero-order chi connectivity index (χ0) is 21.7. The second kappa shape index (κ2) is 7.81. The van der Waals surface area contributed by atoms with Crippen LogP contribution >= 0.6 is 0 Å². The van der Waals surface area contributed by atoms with Crippen molar-refractivity contribution in [3.8, 4) is 0 Å². The molecule has 0 spiro atoms. The molecule has 4 rings (SSSR count). The van der Waals surface area contributed by atoms with Gasteiger partial charge in [0.15, 0.2) is 0 Å². The Morgan fingerprint density at radius 3 is 2.57 bits per heavy atom. The maximum Gasteiger partial charge on any atom is 0.302 e. The van der Waals surface area contributed by atoms with Gasteiger partial charge in [-0.1, -0.05) is 24.6 Å². The van der Waals surface area contributed by atoms with E-state index >= 15 is 0 Å². The third-order valence-electron chi connectivity index (χ3n) is 8.75. The van der Waals surface area contributed by atoms with Gasteiger partial charge in [-0.05, 0) is 74.2 Å². The first-order valence-electron chi connectivity index (χ1n) is 11.6. The van der Waals surface area contributed by atoms with Crippen molar-refractivity contribution in [2.24, 2.45) is 28.6 Å². The van der Waals surface area contributed by atoms with Crippen LogP contribution in [0.15, 0.2) is 23.3 Å². The van der Waals surface area contributed by atoms with E-state index in [9.17, 15) is 14.7 Å². The number of carbonyl (C=O) groups is 2. The topological polar surface area (TPSA) is 72.8 Å². The van der Waals surface area contributed by atoms with Crippen LogP contribution in [0.2, 0.25) is 0 Å². The fourth-order valence-corrected chi connectivity index (χ4v) is 7.47. The molecular formula is C25H36O5. The Morgan fingerprint density at radius 1 is 1.13 bits per heavy atom. The highest BCUT2D eigenvalue weighted by molar-refractivity contribution is 5.66. The summed E-state index contributed by atoms with van der Waals surface area (Å²) in [7, 11) is 0. The second-order valence-corrected chi connectivity index (χ2v) is 10.3. The predicted octanol–water partition coefficient (Wildman–Crippen LogP) is 4.34. The lowest BCUT2D eigenvalue weighted by atomic mass is 9.47. The van der Waals surface area contributed by atoms with Crippen LogP contribution in [0, 0.1) is 28.6 Å². The summed E-state index contributed by atoms with van der Waals surface area (Å²) in [6.45, 7) is 7.60. The van der Waals surface area contributed by atoms with Crippen LogP contribution in [0.5, 0.6) is 0 Å². The van der Waals surface area contributed by atoms with Gasteiger partial charge in [0.25, 0.3) is 0 Å². The Kier molecular flexibility index (Phi) is 5.63. The van der Waals surface area contributed by atoms with Crippen molar-refractivity contribution < 1.29 is 24.2 Å². The van der Waals surface area contributed by atoms with Gasteiger partial charge < -0.3 is 14.6 Å². The molecule has 0 bridgehead atoms. The first kappa shape index (κ1) is 21.6. The van der Waals surface area contributed by atoms with Crippen molar-refractivity contribution >= 4 is 11.9 Å². The number of aliphatic hydroxyl groups excluding tert-OH is 1. The zero-order valence-corrected chi connectivity index (χ0v) is 18.8. The van der Waals surface area contributed by atoms with E-state index in [2.05, 4.69) is 19.1 Å². The zero-order valence-electron chi connectivity index (χ0n) is 18.8. The van der Waals surface area contributed by atoms with Crippen LogP contribution in [0.1, 0.15) is 72.6 Å². The predicted molar refractivity (Wildman–Crippen MR) is 113 cm³/mol. The van der Waals surface area contributed by atoms with Crippen molar-refractivity contribution in [1.29, 1.82) is 0 Å². The van der Waals surface area contributed by atoms with Crippen LogP contribution in [0.4, 0.5) is 0 Å². The highest BCUT2D eigenvalue weighted by atomic mass is 16.5. The number of rotatable bonds is 4. The summed E-state index contributed by atoms with van der Waals surface area (Å²) >= 11 is 0. The van der Waals surface area contributed by atoms with Crippen molar-refractivity contribution in [1.82, 2.24) is 0 Å². The van der Waals surface area contributed by atoms with E-state index in [4.69, 9.17) is 9.47 Å². The molecule has 0 saturated heterocycles. The summed E-state index contributed by atoms with van der Waals surface area (Å²) in [6.07, 6.45) is 11.0. The molecule has 5 nitrogen and oxygen atoms in total. The van der Waals surface area contributed by atoms with Crippen LogP contribution in [0.3, 0.4) is 0 Å². The first-order chi connectivity index (χ1) is 14.2. The number of hydrogen-bond donors (Lipinski definition) is 1. The Morgan fingerprint density at radius 2 is 1.90 bits per heavy atom. The number of esters is 2. The average Bonchev–Trinajstić information content (AvgIpc) is 3.06. The Hall–Kier alpha value is -1.62. The van der Waals surface area contributed by atoms with Gasteiger partial charge in [-0.3, -0.25) is 9.59 Å². The third-order valence-corrected chi connectivity index (χ3v) is 8.75. The molecule has 30 heavy (non-hydrogen) atoms. The number of allylic oxidation sites excluding steroid dienone is 2. The molecule has 1 N–H and O–H groups in total. The highest BCUT2D eigenvalue weighted by Gasteiger charge is 2.59. The van der Waals surface area contributed by atoms with E-state index in [-0.39, 0.29) is 28.9 Å². The molecule has 4 aliphatic carbocycles. The average molecular weight is 417 g/mol. The van der Waals surface area contributed by atoms with Crippen LogP contribution < -0.4 is 0 Å². The molecule has 5 heteroatoms. The van der Waals surface area contributed by atoms with Crippen LogP contribution in [-0.4, -0.2) is 35.9 Å². The fourth-order valence-electron chi connectivity index (χ4n) is 7.47. The van der Waals surface area contributed by atoms with Gasteiger partial charge in [0, 0.05) is 25.7 Å². The maximum atomic E-state index is 11.6. The number of carbonyl (C=O) groups excluding carboxylic acids is 2. The SMILES string of the molecule is CC(=O)OC[C@]12CC[C@H]3[C@@H](CC=C4C[C@@H](OC(C)=O)CC[C@@]43C)[C@@H]1CC=C2C(C)O. The highest BCUT2D eigenvalue weighted by Crippen LogP contribution is 2.65. The minimum absolute atomic E-state index is 0.0139. The minimum atomic E-state index is -0.508. The summed E-state index contributed by atoms with van der Waals surface area (Å²) in [5.41, 5.74) is 2.47. The van der Waals surface area contributed by atoms with Crippen molar-refractivity contribution in [3.63, 3.8) is 0 Å². The lowest BCUT2D eigenvalue weighted by molar-refractivity contribution is -0.149. The van der Waals surface area contributed by atoms with E-state index in [1.807, 2.05) is 6.92 Å². The standard InChI is InChI=1S/C25H36O5/c1-15(26)21-7-8-23-20-6-5-18-13-19(30-17(3)28)9-11-24(18,4)22(20)10-12-25(21,23)14-29-16(2)27/h5,7,15,19-20,22-23,26H,6,8-14H2,1-4H3/t15?,19-,20+,22-,23-,24-,25-/m0/s1. The fraction of sp³-hybridized carbons (Fsp3) is 0.760. The number of hydrogen-bond acceptors (Lipinski definition) is 5. The molecule has 0 aliphatic heterocycles. The molecule has 0 radical (unpaired) electrons. The quantitative estimate of drug-likeness (QED) is 0.545. The van der Waals surface area contributed by atoms with E-state index in [1.165, 1.54) is 19.4 Å². The summed E-state index contributed by atoms with van der Waals surface area (Å²) in [5, 5.41) is 10.5. The van der Waals surface area contributed by atoms with Crippen molar-refractivity contribution in [3.05, 3.63) is 23.3 Å². The van der Waals surface area contributed by atoms with Gasteiger partial charge in [0.05, 0.1) is 6.10 Å². The van der Waals surface area contributed by atoms with Crippen LogP contribution in [-0.2, 0) is 19.1 Å². The smallest absolute Gasteiger partial charge is 0.302 e. The molecule has 4 aliphatic rings. The Balaban J connectivity index is 1.61. The van der Waals surface area contributed by atoms with Crippen LogP contribution in [0.25, 0.3) is 0 Å². The van der Waals surface area contributed by atoms with E-state index in [0.717, 1.165) is 50.5 Å². The Bertz CT molecular complexity index is 780. The van der Waals surface area contributed by atoms with E-state index in [1.54, 1.807) is 0 Å². The largest absolute Gasteiger partial charge is 0.465 e. The van der Waals surface area contributed by atoms with Gasteiger partial charge in [-0.2, -0.15) is 0 Å². The molecular weight excluding hydrogens is 380 g/mol. The van der Waals surface area contributed by atoms with E-state index in [0.29, 0.717) is 24.4 Å². The maximum absolute atomic E-state index is 11.6. The van der Waals surface area contributed by atoms with Gasteiger partial charge in [-0.25, -0.2) is 0 Å². The minimum Gasteiger partial charge on any atom is -0.465 e. The molecule has 1 unspecified atom stereocenters. The van der Waals surface area contributed by atoms with E-state index < -0.39 is 6.10 Å². The lowest BCUT2D eigenvalue weighted by Gasteiger charge is -2.58. The van der Waals surface area contributed by atoms with Crippen molar-refractivity contribution in [2.75, 3.05) is 6.61 Å². The summed E-state index contributed by atoms with van der Waals surface area (Å²) in [5.74, 6) is 1.09.